The van der Waals surface area contributed by atoms with E-state index in [1.54, 1.807) is 0 Å². The van der Waals surface area contributed by atoms with Crippen LogP contribution in [-0.2, 0) is 14.2 Å². The third-order valence-electron chi connectivity index (χ3n) is 3.98. The normalized spacial score (nSPS) is 51.7. The molecule has 136 valence electrons. The molecule has 0 aromatic heterocycles. The van der Waals surface area contributed by atoms with Crippen LogP contribution < -0.4 is 0 Å². The van der Waals surface area contributed by atoms with Gasteiger partial charge < -0.3 is 50.0 Å². The minimum Gasteiger partial charge on any atom is -0.394 e. The van der Waals surface area contributed by atoms with Crippen molar-refractivity contribution in [3.8, 4) is 0 Å². The van der Waals surface area contributed by atoms with Gasteiger partial charge in [-0.15, -0.1) is 12.6 Å². The van der Waals surface area contributed by atoms with Crippen LogP contribution in [0, 0.1) is 0 Å². The molecule has 0 spiro atoms. The number of rotatable bonds is 4. The maximum atomic E-state index is 10.1. The number of thiol groups is 1. The van der Waals surface area contributed by atoms with E-state index in [1.165, 1.54) is 0 Å². The molecule has 0 aromatic rings. The van der Waals surface area contributed by atoms with Crippen molar-refractivity contribution < 1.29 is 50.0 Å². The van der Waals surface area contributed by atoms with E-state index < -0.39 is 73.8 Å². The monoisotopic (exact) mass is 358 g/mol. The molecule has 2 rings (SSSR count). The van der Waals surface area contributed by atoms with E-state index in [1.807, 2.05) is 0 Å². The number of aliphatic hydroxyl groups is 7. The van der Waals surface area contributed by atoms with Gasteiger partial charge in [0.1, 0.15) is 54.3 Å². The molecule has 7 N–H and O–H groups in total. The largest absolute Gasteiger partial charge is 0.394 e. The lowest BCUT2D eigenvalue weighted by Crippen LogP contribution is -2.63. The highest BCUT2D eigenvalue weighted by Crippen LogP contribution is 2.30. The number of aliphatic hydroxyl groups excluding tert-OH is 7. The molecule has 0 radical (unpaired) electrons. The highest BCUT2D eigenvalue weighted by molar-refractivity contribution is 7.80. The second-order valence-electron chi connectivity index (χ2n) is 5.53. The maximum absolute atomic E-state index is 10.1. The van der Waals surface area contributed by atoms with Crippen LogP contribution in [0.5, 0.6) is 0 Å². The van der Waals surface area contributed by atoms with E-state index in [9.17, 15) is 25.5 Å². The third kappa shape index (κ3) is 3.80. The molecule has 0 aromatic carbocycles. The lowest BCUT2D eigenvalue weighted by molar-refractivity contribution is -0.334. The van der Waals surface area contributed by atoms with Crippen LogP contribution in [0.25, 0.3) is 0 Å². The van der Waals surface area contributed by atoms with E-state index in [-0.39, 0.29) is 0 Å². The lowest BCUT2D eigenvalue weighted by Gasteiger charge is -2.45. The fourth-order valence-electron chi connectivity index (χ4n) is 2.55. The maximum Gasteiger partial charge on any atom is 0.187 e. The number of hydrogen-bond donors (Lipinski definition) is 8. The Bertz CT molecular complexity index is 385. The Hall–Kier alpha value is -0.0500. The summed E-state index contributed by atoms with van der Waals surface area (Å²) in [5.41, 5.74) is -1.06. The predicted octanol–water partition coefficient (Wildman–Crippen LogP) is -4.46. The van der Waals surface area contributed by atoms with Gasteiger partial charge in [0.2, 0.25) is 0 Å². The zero-order valence-corrected chi connectivity index (χ0v) is 12.9. The van der Waals surface area contributed by atoms with Crippen LogP contribution in [0.2, 0.25) is 0 Å². The van der Waals surface area contributed by atoms with Crippen LogP contribution in [0.4, 0.5) is 0 Å². The van der Waals surface area contributed by atoms with E-state index in [2.05, 4.69) is 12.6 Å². The van der Waals surface area contributed by atoms with E-state index in [4.69, 9.17) is 24.4 Å². The van der Waals surface area contributed by atoms with Gasteiger partial charge in [-0.25, -0.2) is 0 Å². The minimum atomic E-state index is -1.66. The molecule has 2 aliphatic heterocycles. The summed E-state index contributed by atoms with van der Waals surface area (Å²) < 4.78 is 15.7. The second kappa shape index (κ2) is 7.89. The van der Waals surface area contributed by atoms with Gasteiger partial charge in [0.15, 0.2) is 6.29 Å². The molecule has 10 atom stereocenters. The van der Waals surface area contributed by atoms with E-state index in [0.29, 0.717) is 0 Å². The molecule has 2 heterocycles. The van der Waals surface area contributed by atoms with Crippen molar-refractivity contribution in [1.82, 2.24) is 0 Å². The van der Waals surface area contributed by atoms with Gasteiger partial charge in [-0.1, -0.05) is 0 Å². The van der Waals surface area contributed by atoms with Crippen LogP contribution >= 0.6 is 12.6 Å². The van der Waals surface area contributed by atoms with Crippen LogP contribution in [0.1, 0.15) is 0 Å². The topological polar surface area (TPSA) is 169 Å². The molecular formula is C12H22O10S. The first-order valence-electron chi connectivity index (χ1n) is 7.08. The van der Waals surface area contributed by atoms with Gasteiger partial charge in [-0.05, 0) is 0 Å². The fourth-order valence-corrected chi connectivity index (χ4v) is 2.96. The average molecular weight is 358 g/mol. The summed E-state index contributed by atoms with van der Waals surface area (Å²) in [4.78, 5) is 0. The third-order valence-corrected chi connectivity index (χ3v) is 4.40. The van der Waals surface area contributed by atoms with Crippen molar-refractivity contribution >= 4 is 12.6 Å². The molecule has 10 nitrogen and oxygen atoms in total. The number of ether oxygens (including phenoxy) is 3. The van der Waals surface area contributed by atoms with Gasteiger partial charge in [0.05, 0.1) is 13.2 Å². The summed E-state index contributed by atoms with van der Waals surface area (Å²) in [6, 6.07) is 0. The molecule has 23 heavy (non-hydrogen) atoms. The Morgan fingerprint density at radius 1 is 0.739 bits per heavy atom. The standard InChI is InChI=1S/C12H22O10S/c13-1-3-5(15)7(17)9(19)11(20-3)22-10-8(18)6(16)4(2-14)21-12(10)23/h3-19,23H,1-2H2/t3-,4-,5+,6+,7+,8+,9-,10-,11?,12?/m1/s1. The molecular weight excluding hydrogens is 336 g/mol. The van der Waals surface area contributed by atoms with Gasteiger partial charge in [-0.3, -0.25) is 0 Å². The quantitative estimate of drug-likeness (QED) is 0.229. The molecule has 0 amide bonds. The summed E-state index contributed by atoms with van der Waals surface area (Å²) in [6.07, 6.45) is -12.8. The average Bonchev–Trinajstić information content (AvgIpc) is 2.54. The Morgan fingerprint density at radius 3 is 1.83 bits per heavy atom. The van der Waals surface area contributed by atoms with Crippen molar-refractivity contribution in [3.63, 3.8) is 0 Å². The molecule has 2 unspecified atom stereocenters. The van der Waals surface area contributed by atoms with Crippen LogP contribution in [-0.4, -0.2) is 110 Å². The Balaban J connectivity index is 2.08. The van der Waals surface area contributed by atoms with Crippen molar-refractivity contribution in [1.29, 1.82) is 0 Å². The highest BCUT2D eigenvalue weighted by atomic mass is 32.1. The van der Waals surface area contributed by atoms with Crippen molar-refractivity contribution in [2.24, 2.45) is 0 Å². The summed E-state index contributed by atoms with van der Waals surface area (Å²) in [5, 5.41) is 67.3. The molecule has 0 bridgehead atoms. The molecule has 0 aliphatic carbocycles. The predicted molar refractivity (Wildman–Crippen MR) is 75.4 cm³/mol. The summed E-state index contributed by atoms with van der Waals surface area (Å²) in [7, 11) is 0. The molecule has 11 heteroatoms. The van der Waals surface area contributed by atoms with Crippen LogP contribution in [0.15, 0.2) is 0 Å². The SMILES string of the molecule is OC[C@H]1OC(O[C@H]2C(S)O[C@H](CO)[C@H](O)[C@@H]2O)[C@H](O)[C@@H](O)[C@H]1O. The van der Waals surface area contributed by atoms with Crippen molar-refractivity contribution in [3.05, 3.63) is 0 Å². The summed E-state index contributed by atoms with van der Waals surface area (Å²) in [6.45, 7) is -1.17. The molecule has 2 fully saturated rings. The first kappa shape index (κ1) is 19.3. The lowest BCUT2D eigenvalue weighted by atomic mass is 9.98. The summed E-state index contributed by atoms with van der Waals surface area (Å²) >= 11 is 4.06. The Morgan fingerprint density at radius 2 is 1.26 bits per heavy atom. The summed E-state index contributed by atoms with van der Waals surface area (Å²) in [5.74, 6) is 0. The van der Waals surface area contributed by atoms with E-state index in [0.717, 1.165) is 0 Å². The second-order valence-corrected chi connectivity index (χ2v) is 6.04. The van der Waals surface area contributed by atoms with E-state index >= 15 is 0 Å². The fraction of sp³-hybridized carbons (Fsp3) is 1.00. The van der Waals surface area contributed by atoms with Gasteiger partial charge >= 0.3 is 0 Å². The Labute approximate surface area is 137 Å². The van der Waals surface area contributed by atoms with Gasteiger partial charge in [0, 0.05) is 0 Å². The smallest absolute Gasteiger partial charge is 0.187 e. The van der Waals surface area contributed by atoms with Gasteiger partial charge in [0.25, 0.3) is 0 Å². The van der Waals surface area contributed by atoms with Crippen molar-refractivity contribution in [2.45, 2.75) is 60.6 Å². The number of hydrogen-bond acceptors (Lipinski definition) is 11. The minimum absolute atomic E-state index is 0.540. The van der Waals surface area contributed by atoms with Crippen molar-refractivity contribution in [2.75, 3.05) is 13.2 Å². The first-order chi connectivity index (χ1) is 10.8. The molecule has 0 saturated carbocycles. The van der Waals surface area contributed by atoms with Crippen LogP contribution in [0.3, 0.4) is 0 Å². The first-order valence-corrected chi connectivity index (χ1v) is 7.60. The molecule has 2 saturated heterocycles. The van der Waals surface area contributed by atoms with Gasteiger partial charge in [-0.2, -0.15) is 0 Å². The zero-order valence-electron chi connectivity index (χ0n) is 12.0. The Kier molecular flexibility index (Phi) is 6.61. The highest BCUT2D eigenvalue weighted by Gasteiger charge is 2.49. The zero-order chi connectivity index (χ0) is 17.3. The molecule has 2 aliphatic rings.